The molecule has 1 aliphatic heterocycles. The molecule has 1 fully saturated rings. The van der Waals surface area contributed by atoms with Gasteiger partial charge in [0.2, 0.25) is 5.91 Å². The molecule has 2 heterocycles. The Balaban J connectivity index is 1.99. The Morgan fingerprint density at radius 3 is 2.90 bits per heavy atom. The summed E-state index contributed by atoms with van der Waals surface area (Å²) in [6.07, 6.45) is 3.00. The van der Waals surface area contributed by atoms with Crippen molar-refractivity contribution in [2.24, 2.45) is 0 Å². The van der Waals surface area contributed by atoms with Crippen LogP contribution in [0.5, 0.6) is 0 Å². The minimum atomic E-state index is -0.406. The summed E-state index contributed by atoms with van der Waals surface area (Å²) in [5.41, 5.74) is -0.0401. The zero-order valence-corrected chi connectivity index (χ0v) is 12.4. The van der Waals surface area contributed by atoms with Crippen LogP contribution in [0.2, 0.25) is 5.02 Å². The fraction of sp³-hybridized carbons (Fsp3) is 0.462. The molecular weight excluding hydrogens is 294 g/mol. The molecule has 0 aliphatic carbocycles. The van der Waals surface area contributed by atoms with E-state index in [1.54, 1.807) is 11.0 Å². The fourth-order valence-electron chi connectivity index (χ4n) is 2.04. The highest BCUT2D eigenvalue weighted by Crippen LogP contribution is 2.14. The van der Waals surface area contributed by atoms with Gasteiger partial charge in [0.15, 0.2) is 0 Å². The number of carbonyl (C=O) groups is 1. The number of carbonyl (C=O) groups excluding carboxylic acids is 1. The van der Waals surface area contributed by atoms with Crippen molar-refractivity contribution in [1.82, 2.24) is 20.0 Å². The van der Waals surface area contributed by atoms with Gasteiger partial charge >= 0.3 is 0 Å². The number of hydrogen-bond acceptors (Lipinski definition) is 5. The topological polar surface area (TPSA) is 79.3 Å². The molecule has 8 heteroatoms. The quantitative estimate of drug-likeness (QED) is 0.744. The van der Waals surface area contributed by atoms with Crippen LogP contribution in [0.15, 0.2) is 23.6 Å². The second-order valence-electron chi connectivity index (χ2n) is 4.63. The predicted octanol–water partition coefficient (Wildman–Crippen LogP) is -0.0736. The molecule has 1 amide bonds. The largest absolute Gasteiger partial charge is 0.373 e. The number of allylic oxidation sites excluding steroid dienone is 1. The van der Waals surface area contributed by atoms with Gasteiger partial charge in [0.25, 0.3) is 5.56 Å². The van der Waals surface area contributed by atoms with Gasteiger partial charge in [-0.1, -0.05) is 17.7 Å². The van der Waals surface area contributed by atoms with E-state index in [0.717, 1.165) is 13.1 Å². The maximum Gasteiger partial charge on any atom is 0.287 e. The highest BCUT2D eigenvalue weighted by molar-refractivity contribution is 6.33. The molecule has 1 saturated heterocycles. The first-order chi connectivity index (χ1) is 10.1. The van der Waals surface area contributed by atoms with Gasteiger partial charge in [-0.15, -0.1) is 6.58 Å². The van der Waals surface area contributed by atoms with E-state index in [9.17, 15) is 9.59 Å². The highest BCUT2D eigenvalue weighted by atomic mass is 35.5. The van der Waals surface area contributed by atoms with Gasteiger partial charge in [0.05, 0.1) is 25.0 Å². The Morgan fingerprint density at radius 2 is 2.24 bits per heavy atom. The minimum absolute atomic E-state index is 0.0252. The molecule has 1 aromatic rings. The molecule has 0 unspecified atom stereocenters. The van der Waals surface area contributed by atoms with Crippen molar-refractivity contribution in [3.8, 4) is 0 Å². The Bertz CT molecular complexity index is 580. The van der Waals surface area contributed by atoms with E-state index in [1.165, 1.54) is 10.9 Å². The van der Waals surface area contributed by atoms with Crippen LogP contribution in [0.3, 0.4) is 0 Å². The summed E-state index contributed by atoms with van der Waals surface area (Å²) in [6, 6.07) is 0. The van der Waals surface area contributed by atoms with Gasteiger partial charge in [-0.2, -0.15) is 5.10 Å². The highest BCUT2D eigenvalue weighted by Gasteiger charge is 2.16. The van der Waals surface area contributed by atoms with E-state index in [0.29, 0.717) is 25.3 Å². The molecule has 0 saturated carbocycles. The molecule has 0 aromatic carbocycles. The van der Waals surface area contributed by atoms with Crippen LogP contribution in [-0.2, 0) is 11.3 Å². The molecule has 0 bridgehead atoms. The fourth-order valence-corrected chi connectivity index (χ4v) is 2.25. The predicted molar refractivity (Wildman–Crippen MR) is 81.6 cm³/mol. The molecule has 7 nitrogen and oxygen atoms in total. The first-order valence-electron chi connectivity index (χ1n) is 6.72. The number of rotatable bonds is 5. The number of hydrogen-bond donors (Lipinski definition) is 2. The van der Waals surface area contributed by atoms with E-state index in [-0.39, 0.29) is 17.5 Å². The molecule has 0 atom stereocenters. The molecule has 0 spiro atoms. The number of piperazine rings is 1. The number of halogens is 1. The Morgan fingerprint density at radius 1 is 1.52 bits per heavy atom. The zero-order valence-electron chi connectivity index (χ0n) is 11.6. The second-order valence-corrected chi connectivity index (χ2v) is 5.01. The lowest BCUT2D eigenvalue weighted by molar-refractivity contribution is -0.129. The summed E-state index contributed by atoms with van der Waals surface area (Å²) in [6.45, 7) is 6.90. The smallest absolute Gasteiger partial charge is 0.287 e. The van der Waals surface area contributed by atoms with Gasteiger partial charge < -0.3 is 15.5 Å². The van der Waals surface area contributed by atoms with Crippen molar-refractivity contribution >= 4 is 23.2 Å². The summed E-state index contributed by atoms with van der Waals surface area (Å²) < 4.78 is 1.21. The Kier molecular flexibility index (Phi) is 5.35. The SMILES string of the molecule is C=CCn1ncc(NCC(=O)N2CCNCC2)c(Cl)c1=O. The number of nitrogens with one attached hydrogen (secondary N) is 2. The Hall–Kier alpha value is -1.86. The number of nitrogens with zero attached hydrogens (tertiary/aromatic N) is 3. The van der Waals surface area contributed by atoms with E-state index in [1.807, 2.05) is 0 Å². The van der Waals surface area contributed by atoms with Gasteiger partial charge in [-0.3, -0.25) is 9.59 Å². The van der Waals surface area contributed by atoms with Gasteiger partial charge in [0, 0.05) is 26.2 Å². The van der Waals surface area contributed by atoms with E-state index in [4.69, 9.17) is 11.6 Å². The summed E-state index contributed by atoms with van der Waals surface area (Å²) in [4.78, 5) is 25.7. The third kappa shape index (κ3) is 3.83. The molecule has 0 radical (unpaired) electrons. The van der Waals surface area contributed by atoms with E-state index in [2.05, 4.69) is 22.3 Å². The van der Waals surface area contributed by atoms with Gasteiger partial charge in [-0.25, -0.2) is 4.68 Å². The lowest BCUT2D eigenvalue weighted by Crippen LogP contribution is -2.48. The van der Waals surface area contributed by atoms with Gasteiger partial charge in [-0.05, 0) is 0 Å². The van der Waals surface area contributed by atoms with Crippen LogP contribution >= 0.6 is 11.6 Å². The van der Waals surface area contributed by atoms with Crippen molar-refractivity contribution in [3.63, 3.8) is 0 Å². The van der Waals surface area contributed by atoms with Crippen molar-refractivity contribution in [3.05, 3.63) is 34.2 Å². The second kappa shape index (κ2) is 7.24. The summed E-state index contributed by atoms with van der Waals surface area (Å²) in [5.74, 6) is -0.0252. The van der Waals surface area contributed by atoms with Crippen LogP contribution in [0.25, 0.3) is 0 Å². The summed E-state index contributed by atoms with van der Waals surface area (Å²) in [7, 11) is 0. The zero-order chi connectivity index (χ0) is 15.2. The normalized spacial score (nSPS) is 14.8. The van der Waals surface area contributed by atoms with E-state index >= 15 is 0 Å². The van der Waals surface area contributed by atoms with E-state index < -0.39 is 5.56 Å². The minimum Gasteiger partial charge on any atom is -0.373 e. The third-order valence-electron chi connectivity index (χ3n) is 3.19. The molecular formula is C13H18ClN5O2. The van der Waals surface area contributed by atoms with Crippen molar-refractivity contribution < 1.29 is 4.79 Å². The number of aromatic nitrogens is 2. The standard InChI is InChI=1S/C13H18ClN5O2/c1-2-5-19-13(21)12(14)10(8-17-19)16-9-11(20)18-6-3-15-4-7-18/h2,8,15-16H,1,3-7,9H2. The van der Waals surface area contributed by atoms with Crippen molar-refractivity contribution in [2.75, 3.05) is 38.0 Å². The van der Waals surface area contributed by atoms with Crippen molar-refractivity contribution in [1.29, 1.82) is 0 Å². The number of anilines is 1. The molecule has 2 N–H and O–H groups in total. The summed E-state index contributed by atoms with van der Waals surface area (Å²) >= 11 is 6.00. The third-order valence-corrected chi connectivity index (χ3v) is 3.55. The first-order valence-corrected chi connectivity index (χ1v) is 7.10. The number of amides is 1. The molecule has 114 valence electrons. The van der Waals surface area contributed by atoms with Crippen molar-refractivity contribution in [2.45, 2.75) is 6.54 Å². The van der Waals surface area contributed by atoms with Crippen LogP contribution in [0.1, 0.15) is 0 Å². The molecule has 21 heavy (non-hydrogen) atoms. The molecule has 2 rings (SSSR count). The van der Waals surface area contributed by atoms with Crippen LogP contribution < -0.4 is 16.2 Å². The lowest BCUT2D eigenvalue weighted by Gasteiger charge is -2.27. The van der Waals surface area contributed by atoms with Gasteiger partial charge in [0.1, 0.15) is 5.02 Å². The van der Waals surface area contributed by atoms with Crippen LogP contribution in [0.4, 0.5) is 5.69 Å². The van der Waals surface area contributed by atoms with Crippen LogP contribution in [-0.4, -0.2) is 53.3 Å². The molecule has 1 aromatic heterocycles. The Labute approximate surface area is 127 Å². The molecule has 1 aliphatic rings. The van der Waals surface area contributed by atoms with Crippen LogP contribution in [0, 0.1) is 0 Å². The lowest BCUT2D eigenvalue weighted by atomic mass is 10.3. The average Bonchev–Trinajstić information content (AvgIpc) is 2.52. The monoisotopic (exact) mass is 311 g/mol. The average molecular weight is 312 g/mol. The maximum atomic E-state index is 12.0. The summed E-state index contributed by atoms with van der Waals surface area (Å²) in [5, 5.41) is 10.1. The maximum absolute atomic E-state index is 12.0. The first kappa shape index (κ1) is 15.5.